The second kappa shape index (κ2) is 1.75. The van der Waals surface area contributed by atoms with E-state index in [1.165, 1.54) is 12.8 Å². The van der Waals surface area contributed by atoms with Crippen LogP contribution < -0.4 is 5.32 Å². The molecule has 0 aromatic carbocycles. The lowest BCUT2D eigenvalue weighted by molar-refractivity contribution is 0.564. The van der Waals surface area contributed by atoms with E-state index in [0.717, 1.165) is 0 Å². The Morgan fingerprint density at radius 2 is 2.38 bits per heavy atom. The van der Waals surface area contributed by atoms with Gasteiger partial charge in [0.2, 0.25) is 0 Å². The molecule has 8 heavy (non-hydrogen) atoms. The molecule has 0 atom stereocenters. The van der Waals surface area contributed by atoms with Crippen LogP contribution in [0.1, 0.15) is 19.3 Å². The van der Waals surface area contributed by atoms with E-state index in [9.17, 15) is 0 Å². The molecule has 44 valence electrons. The summed E-state index contributed by atoms with van der Waals surface area (Å²) in [5, 5.41) is 11.4. The summed E-state index contributed by atoms with van der Waals surface area (Å²) in [6, 6.07) is 2.16. The molecule has 0 saturated heterocycles. The molecule has 0 aliphatic heterocycles. The lowest BCUT2D eigenvalue weighted by Crippen LogP contribution is -2.26. The van der Waals surface area contributed by atoms with Gasteiger partial charge in [-0.25, -0.2) is 0 Å². The Balaban J connectivity index is 2.33. The molecule has 0 radical (unpaired) electrons. The molecule has 1 rings (SSSR count). The SMILES string of the molecule is CNC1(CC#N)CC1. The molecule has 0 aromatic heterocycles. The summed E-state index contributed by atoms with van der Waals surface area (Å²) in [5.74, 6) is 0. The smallest absolute Gasteiger partial charge is 0.0641 e. The van der Waals surface area contributed by atoms with E-state index in [1.807, 2.05) is 7.05 Å². The van der Waals surface area contributed by atoms with Crippen molar-refractivity contribution in [2.75, 3.05) is 7.05 Å². The van der Waals surface area contributed by atoms with Gasteiger partial charge >= 0.3 is 0 Å². The van der Waals surface area contributed by atoms with E-state index in [2.05, 4.69) is 11.4 Å². The van der Waals surface area contributed by atoms with E-state index in [0.29, 0.717) is 6.42 Å². The highest BCUT2D eigenvalue weighted by molar-refractivity contribution is 5.06. The number of nitriles is 1. The van der Waals surface area contributed by atoms with Gasteiger partial charge < -0.3 is 5.32 Å². The van der Waals surface area contributed by atoms with Crippen LogP contribution in [0.25, 0.3) is 0 Å². The predicted molar refractivity (Wildman–Crippen MR) is 31.3 cm³/mol. The van der Waals surface area contributed by atoms with Crippen LogP contribution in [0.5, 0.6) is 0 Å². The van der Waals surface area contributed by atoms with E-state index < -0.39 is 0 Å². The first-order valence-corrected chi connectivity index (χ1v) is 2.89. The molecule has 1 saturated carbocycles. The van der Waals surface area contributed by atoms with Crippen molar-refractivity contribution in [2.24, 2.45) is 0 Å². The molecule has 1 aliphatic carbocycles. The summed E-state index contributed by atoms with van der Waals surface area (Å²) in [5.41, 5.74) is 0.231. The van der Waals surface area contributed by atoms with Crippen LogP contribution in [-0.4, -0.2) is 12.6 Å². The van der Waals surface area contributed by atoms with Gasteiger partial charge in [0.15, 0.2) is 0 Å². The minimum Gasteiger partial charge on any atom is -0.313 e. The lowest BCUT2D eigenvalue weighted by atomic mass is 10.2. The second-order valence-electron chi connectivity index (χ2n) is 2.37. The molecule has 0 bridgehead atoms. The van der Waals surface area contributed by atoms with Crippen LogP contribution in [0.3, 0.4) is 0 Å². The molecule has 0 spiro atoms. The van der Waals surface area contributed by atoms with E-state index >= 15 is 0 Å². The quantitative estimate of drug-likeness (QED) is 0.566. The highest BCUT2D eigenvalue weighted by atomic mass is 15.0. The third-order valence-electron chi connectivity index (χ3n) is 1.80. The maximum Gasteiger partial charge on any atom is 0.0641 e. The number of rotatable bonds is 2. The van der Waals surface area contributed by atoms with Crippen molar-refractivity contribution in [3.8, 4) is 6.07 Å². The summed E-state index contributed by atoms with van der Waals surface area (Å²) in [6.07, 6.45) is 3.03. The molecule has 0 heterocycles. The summed E-state index contributed by atoms with van der Waals surface area (Å²) >= 11 is 0. The van der Waals surface area contributed by atoms with Crippen LogP contribution in [0.2, 0.25) is 0 Å². The van der Waals surface area contributed by atoms with Gasteiger partial charge in [-0.1, -0.05) is 0 Å². The van der Waals surface area contributed by atoms with Gasteiger partial charge in [0.1, 0.15) is 0 Å². The Hall–Kier alpha value is -0.550. The van der Waals surface area contributed by atoms with Gasteiger partial charge in [-0.15, -0.1) is 0 Å². The monoisotopic (exact) mass is 110 g/mol. The van der Waals surface area contributed by atoms with Gasteiger partial charge in [-0.05, 0) is 19.9 Å². The largest absolute Gasteiger partial charge is 0.313 e. The Bertz CT molecular complexity index is 119. The van der Waals surface area contributed by atoms with E-state index in [-0.39, 0.29) is 5.54 Å². The van der Waals surface area contributed by atoms with E-state index in [4.69, 9.17) is 5.26 Å². The number of hydrogen-bond donors (Lipinski definition) is 1. The maximum atomic E-state index is 8.28. The van der Waals surface area contributed by atoms with Crippen LogP contribution in [0.4, 0.5) is 0 Å². The number of nitrogens with one attached hydrogen (secondary N) is 1. The lowest BCUT2D eigenvalue weighted by Gasteiger charge is -2.05. The third kappa shape index (κ3) is 0.823. The molecule has 2 nitrogen and oxygen atoms in total. The van der Waals surface area contributed by atoms with Gasteiger partial charge in [0.25, 0.3) is 0 Å². The minimum atomic E-state index is 0.231. The average molecular weight is 110 g/mol. The molecular formula is C6H10N2. The standard InChI is InChI=1S/C6H10N2/c1-8-6(2-3-6)4-5-7/h8H,2-4H2,1H3. The molecular weight excluding hydrogens is 100 g/mol. The van der Waals surface area contributed by atoms with Crippen LogP contribution in [0.15, 0.2) is 0 Å². The topological polar surface area (TPSA) is 35.8 Å². The second-order valence-corrected chi connectivity index (χ2v) is 2.37. The first-order chi connectivity index (χ1) is 3.83. The maximum absolute atomic E-state index is 8.28. The highest BCUT2D eigenvalue weighted by Gasteiger charge is 2.40. The van der Waals surface area contributed by atoms with Crippen molar-refractivity contribution < 1.29 is 0 Å². The van der Waals surface area contributed by atoms with Crippen molar-refractivity contribution in [1.29, 1.82) is 5.26 Å². The Labute approximate surface area is 49.5 Å². The Morgan fingerprint density at radius 3 is 2.50 bits per heavy atom. The fraction of sp³-hybridized carbons (Fsp3) is 0.833. The highest BCUT2D eigenvalue weighted by Crippen LogP contribution is 2.37. The number of nitrogens with zero attached hydrogens (tertiary/aromatic N) is 1. The molecule has 1 N–H and O–H groups in total. The van der Waals surface area contributed by atoms with E-state index in [1.54, 1.807) is 0 Å². The Morgan fingerprint density at radius 1 is 1.75 bits per heavy atom. The fourth-order valence-corrected chi connectivity index (χ4v) is 0.817. The van der Waals surface area contributed by atoms with Gasteiger partial charge in [-0.3, -0.25) is 0 Å². The molecule has 1 aliphatic rings. The first kappa shape index (κ1) is 5.58. The first-order valence-electron chi connectivity index (χ1n) is 2.89. The van der Waals surface area contributed by atoms with Gasteiger partial charge in [0.05, 0.1) is 12.5 Å². The van der Waals surface area contributed by atoms with Crippen molar-refractivity contribution in [3.05, 3.63) is 0 Å². The van der Waals surface area contributed by atoms with Crippen molar-refractivity contribution in [1.82, 2.24) is 5.32 Å². The van der Waals surface area contributed by atoms with Crippen LogP contribution in [-0.2, 0) is 0 Å². The summed E-state index contributed by atoms with van der Waals surface area (Å²) in [4.78, 5) is 0. The van der Waals surface area contributed by atoms with Gasteiger partial charge in [0, 0.05) is 5.54 Å². The molecule has 0 unspecified atom stereocenters. The minimum absolute atomic E-state index is 0.231. The van der Waals surface area contributed by atoms with Crippen molar-refractivity contribution in [3.63, 3.8) is 0 Å². The summed E-state index contributed by atoms with van der Waals surface area (Å²) in [6.45, 7) is 0. The third-order valence-corrected chi connectivity index (χ3v) is 1.80. The number of hydrogen-bond acceptors (Lipinski definition) is 2. The summed E-state index contributed by atoms with van der Waals surface area (Å²) < 4.78 is 0. The zero-order valence-corrected chi connectivity index (χ0v) is 5.07. The fourth-order valence-electron chi connectivity index (χ4n) is 0.817. The van der Waals surface area contributed by atoms with Gasteiger partial charge in [-0.2, -0.15) is 5.26 Å². The molecule has 2 heteroatoms. The average Bonchev–Trinajstić information content (AvgIpc) is 2.50. The zero-order valence-electron chi connectivity index (χ0n) is 5.07. The zero-order chi connectivity index (χ0) is 6.04. The van der Waals surface area contributed by atoms with Crippen LogP contribution >= 0.6 is 0 Å². The molecule has 0 aromatic rings. The van der Waals surface area contributed by atoms with Crippen LogP contribution in [0, 0.1) is 11.3 Å². The normalized spacial score (nSPS) is 22.0. The Kier molecular flexibility index (Phi) is 1.22. The predicted octanol–water partition coefficient (Wildman–Crippen LogP) is 0.652. The molecule has 1 fully saturated rings. The van der Waals surface area contributed by atoms with Crippen molar-refractivity contribution in [2.45, 2.75) is 24.8 Å². The molecule has 0 amide bonds. The van der Waals surface area contributed by atoms with Crippen molar-refractivity contribution >= 4 is 0 Å². The summed E-state index contributed by atoms with van der Waals surface area (Å²) in [7, 11) is 1.92.